The van der Waals surface area contributed by atoms with E-state index in [1.807, 2.05) is 54.6 Å². The van der Waals surface area contributed by atoms with Crippen molar-refractivity contribution in [2.45, 2.75) is 6.54 Å². The molecule has 28 heavy (non-hydrogen) atoms. The van der Waals surface area contributed by atoms with Crippen LogP contribution in [0, 0.1) is 0 Å². The molecule has 0 bridgehead atoms. The largest absolute Gasteiger partial charge is 0.352 e. The topological polar surface area (TPSA) is 66.9 Å². The van der Waals surface area contributed by atoms with Crippen LogP contribution >= 0.6 is 11.6 Å². The maximum Gasteiger partial charge on any atom is 0.270 e. The summed E-state index contributed by atoms with van der Waals surface area (Å²) in [6.45, 7) is 0.349. The van der Waals surface area contributed by atoms with Gasteiger partial charge in [0.05, 0.1) is 23.1 Å². The lowest BCUT2D eigenvalue weighted by Crippen LogP contribution is -2.23. The highest BCUT2D eigenvalue weighted by molar-refractivity contribution is 6.31. The van der Waals surface area contributed by atoms with Crippen LogP contribution in [-0.4, -0.2) is 15.9 Å². The van der Waals surface area contributed by atoms with Gasteiger partial charge in [-0.2, -0.15) is 0 Å². The molecule has 0 aliphatic heterocycles. The van der Waals surface area contributed by atoms with E-state index in [1.165, 1.54) is 0 Å². The number of halogens is 1. The fraction of sp³-hybridized carbons (Fsp3) is 0.0455. The number of nitrogens with one attached hydrogen (secondary N) is 2. The van der Waals surface area contributed by atoms with Crippen molar-refractivity contribution in [1.29, 1.82) is 0 Å². The van der Waals surface area contributed by atoms with Crippen LogP contribution in [-0.2, 0) is 6.54 Å². The first-order valence-corrected chi connectivity index (χ1v) is 9.17. The number of rotatable bonds is 5. The Hall–Kier alpha value is -3.44. The lowest BCUT2D eigenvalue weighted by atomic mass is 10.2. The first-order valence-electron chi connectivity index (χ1n) is 8.79. The molecule has 4 aromatic rings. The molecule has 2 heterocycles. The number of pyridine rings is 2. The summed E-state index contributed by atoms with van der Waals surface area (Å²) in [4.78, 5) is 21.0. The van der Waals surface area contributed by atoms with Crippen LogP contribution in [0.2, 0.25) is 5.02 Å². The summed E-state index contributed by atoms with van der Waals surface area (Å²) in [6, 6.07) is 20.8. The Morgan fingerprint density at radius 1 is 0.929 bits per heavy atom. The number of hydrogen-bond donors (Lipinski definition) is 2. The summed E-state index contributed by atoms with van der Waals surface area (Å²) in [5, 5.41) is 7.81. The number of hydrogen-bond acceptors (Lipinski definition) is 4. The number of anilines is 2. The smallest absolute Gasteiger partial charge is 0.270 e. The molecular weight excluding hydrogens is 372 g/mol. The van der Waals surface area contributed by atoms with Crippen LogP contribution in [0.25, 0.3) is 10.9 Å². The van der Waals surface area contributed by atoms with E-state index in [0.29, 0.717) is 17.3 Å². The van der Waals surface area contributed by atoms with Gasteiger partial charge in [0.1, 0.15) is 5.69 Å². The molecule has 0 radical (unpaired) electrons. The molecule has 0 spiro atoms. The molecule has 5 nitrogen and oxygen atoms in total. The Balaban J connectivity index is 1.45. The minimum absolute atomic E-state index is 0.252. The van der Waals surface area contributed by atoms with Gasteiger partial charge < -0.3 is 10.6 Å². The molecule has 0 unspecified atom stereocenters. The van der Waals surface area contributed by atoms with Gasteiger partial charge >= 0.3 is 0 Å². The van der Waals surface area contributed by atoms with E-state index in [2.05, 4.69) is 20.6 Å². The van der Waals surface area contributed by atoms with Gasteiger partial charge in [-0.1, -0.05) is 48.0 Å². The van der Waals surface area contributed by atoms with Crippen molar-refractivity contribution in [1.82, 2.24) is 15.3 Å². The average molecular weight is 389 g/mol. The van der Waals surface area contributed by atoms with Crippen LogP contribution in [0.4, 0.5) is 11.4 Å². The summed E-state index contributed by atoms with van der Waals surface area (Å²) in [6.07, 6.45) is 3.39. The fourth-order valence-corrected chi connectivity index (χ4v) is 3.07. The second kappa shape index (κ2) is 8.06. The number of nitrogens with zero attached hydrogens (tertiary/aromatic N) is 2. The Bertz CT molecular complexity index is 1120. The minimum atomic E-state index is -0.252. The Morgan fingerprint density at radius 3 is 2.61 bits per heavy atom. The van der Waals surface area contributed by atoms with E-state index in [9.17, 15) is 4.79 Å². The SMILES string of the molecule is O=C(NCc1ccccc1Cl)c1ccc(Nc2cccc3cccnc23)cn1. The van der Waals surface area contributed by atoms with Crippen LogP contribution in [0.3, 0.4) is 0 Å². The molecule has 0 atom stereocenters. The van der Waals surface area contributed by atoms with E-state index in [0.717, 1.165) is 27.8 Å². The molecule has 2 aromatic heterocycles. The molecule has 2 N–H and O–H groups in total. The number of carbonyl (C=O) groups excluding carboxylic acids is 1. The number of amides is 1. The number of para-hydroxylation sites is 1. The van der Waals surface area contributed by atoms with Gasteiger partial charge in [0.25, 0.3) is 5.91 Å². The van der Waals surface area contributed by atoms with Crippen LogP contribution in [0.5, 0.6) is 0 Å². The summed E-state index contributed by atoms with van der Waals surface area (Å²) < 4.78 is 0. The van der Waals surface area contributed by atoms with Crippen molar-refractivity contribution in [3.05, 3.63) is 95.4 Å². The zero-order valence-corrected chi connectivity index (χ0v) is 15.6. The van der Waals surface area contributed by atoms with Crippen LogP contribution in [0.1, 0.15) is 16.1 Å². The fourth-order valence-electron chi connectivity index (χ4n) is 2.87. The lowest BCUT2D eigenvalue weighted by Gasteiger charge is -2.10. The van der Waals surface area contributed by atoms with E-state index >= 15 is 0 Å². The molecule has 0 saturated carbocycles. The highest BCUT2D eigenvalue weighted by Crippen LogP contribution is 2.24. The van der Waals surface area contributed by atoms with Crippen molar-refractivity contribution < 1.29 is 4.79 Å². The maximum absolute atomic E-state index is 12.3. The zero-order valence-electron chi connectivity index (χ0n) is 14.9. The third-order valence-electron chi connectivity index (χ3n) is 4.31. The van der Waals surface area contributed by atoms with Crippen molar-refractivity contribution in [3.63, 3.8) is 0 Å². The number of carbonyl (C=O) groups is 1. The van der Waals surface area contributed by atoms with E-state index in [4.69, 9.17) is 11.6 Å². The maximum atomic E-state index is 12.3. The number of aromatic nitrogens is 2. The standard InChI is InChI=1S/C22H17ClN4O/c23-18-8-2-1-5-16(18)13-26-22(28)20-11-10-17(14-25-20)27-19-9-3-6-15-7-4-12-24-21(15)19/h1-12,14,27H,13H2,(H,26,28). The minimum Gasteiger partial charge on any atom is -0.352 e. The van der Waals surface area contributed by atoms with Crippen molar-refractivity contribution in [3.8, 4) is 0 Å². The molecule has 4 rings (SSSR count). The summed E-state index contributed by atoms with van der Waals surface area (Å²) in [5.41, 5.74) is 3.75. The second-order valence-corrected chi connectivity index (χ2v) is 6.62. The van der Waals surface area contributed by atoms with Crippen molar-refractivity contribution in [2.75, 3.05) is 5.32 Å². The van der Waals surface area contributed by atoms with Crippen molar-refractivity contribution in [2.24, 2.45) is 0 Å². The number of fused-ring (bicyclic) bond motifs is 1. The Kier molecular flexibility index (Phi) is 5.17. The van der Waals surface area contributed by atoms with Gasteiger partial charge in [0.2, 0.25) is 0 Å². The van der Waals surface area contributed by atoms with Gasteiger partial charge in [-0.25, -0.2) is 4.98 Å². The molecule has 138 valence electrons. The lowest BCUT2D eigenvalue weighted by molar-refractivity contribution is 0.0946. The molecular formula is C22H17ClN4O. The van der Waals surface area contributed by atoms with Crippen molar-refractivity contribution >= 4 is 39.8 Å². The monoisotopic (exact) mass is 388 g/mol. The quantitative estimate of drug-likeness (QED) is 0.507. The Labute approximate surface area is 167 Å². The first-order chi connectivity index (χ1) is 13.7. The third kappa shape index (κ3) is 3.94. The van der Waals surface area contributed by atoms with E-state index in [1.54, 1.807) is 24.5 Å². The average Bonchev–Trinajstić information content (AvgIpc) is 2.74. The number of benzene rings is 2. The van der Waals surface area contributed by atoms with Gasteiger partial charge in [-0.05, 0) is 35.9 Å². The molecule has 0 aliphatic carbocycles. The molecule has 6 heteroatoms. The molecule has 0 saturated heterocycles. The normalized spacial score (nSPS) is 10.6. The third-order valence-corrected chi connectivity index (χ3v) is 4.67. The second-order valence-electron chi connectivity index (χ2n) is 6.21. The van der Waals surface area contributed by atoms with Gasteiger partial charge in [-0.3, -0.25) is 9.78 Å². The Morgan fingerprint density at radius 2 is 1.79 bits per heavy atom. The zero-order chi connectivity index (χ0) is 19.3. The molecule has 0 fully saturated rings. The molecule has 1 amide bonds. The summed E-state index contributed by atoms with van der Waals surface area (Å²) >= 11 is 6.11. The predicted molar refractivity (Wildman–Crippen MR) is 112 cm³/mol. The molecule has 2 aromatic carbocycles. The van der Waals surface area contributed by atoms with Gasteiger partial charge in [0, 0.05) is 23.2 Å². The highest BCUT2D eigenvalue weighted by Gasteiger charge is 2.09. The van der Waals surface area contributed by atoms with E-state index in [-0.39, 0.29) is 5.91 Å². The molecule has 0 aliphatic rings. The van der Waals surface area contributed by atoms with Gasteiger partial charge in [0.15, 0.2) is 0 Å². The summed E-state index contributed by atoms with van der Waals surface area (Å²) in [5.74, 6) is -0.252. The summed E-state index contributed by atoms with van der Waals surface area (Å²) in [7, 11) is 0. The predicted octanol–water partition coefficient (Wildman–Crippen LogP) is 4.96. The van der Waals surface area contributed by atoms with Gasteiger partial charge in [-0.15, -0.1) is 0 Å². The first kappa shape index (κ1) is 17.9. The highest BCUT2D eigenvalue weighted by atomic mass is 35.5. The van der Waals surface area contributed by atoms with E-state index < -0.39 is 0 Å². The van der Waals surface area contributed by atoms with Crippen LogP contribution in [0.15, 0.2) is 79.1 Å². The van der Waals surface area contributed by atoms with Crippen LogP contribution < -0.4 is 10.6 Å².